The summed E-state index contributed by atoms with van der Waals surface area (Å²) in [7, 11) is 0. The smallest absolute Gasteiger partial charge is 0.147 e. The zero-order valence-electron chi connectivity index (χ0n) is 10.8. The molecule has 0 fully saturated rings. The van der Waals surface area contributed by atoms with E-state index in [0.717, 1.165) is 42.5 Å². The minimum atomic E-state index is -0.316. The highest BCUT2D eigenvalue weighted by molar-refractivity contribution is 6.31. The van der Waals surface area contributed by atoms with Crippen LogP contribution in [0, 0.1) is 17.1 Å². The first-order valence-corrected chi connectivity index (χ1v) is 6.96. The minimum absolute atomic E-state index is 0.215. The number of nitriles is 1. The summed E-state index contributed by atoms with van der Waals surface area (Å²) in [6.07, 6.45) is 3.86. The summed E-state index contributed by atoms with van der Waals surface area (Å²) in [5, 5.41) is 9.58. The second kappa shape index (κ2) is 5.22. The van der Waals surface area contributed by atoms with E-state index >= 15 is 0 Å². The van der Waals surface area contributed by atoms with Crippen molar-refractivity contribution in [3.05, 3.63) is 52.1 Å². The highest BCUT2D eigenvalue weighted by Crippen LogP contribution is 2.36. The molecule has 1 heterocycles. The van der Waals surface area contributed by atoms with Gasteiger partial charge in [-0.25, -0.2) is 9.37 Å². The number of benzene rings is 1. The molecule has 0 saturated carbocycles. The van der Waals surface area contributed by atoms with Gasteiger partial charge in [0.15, 0.2) is 0 Å². The second-order valence-corrected chi connectivity index (χ2v) is 5.27. The molecule has 0 aliphatic heterocycles. The molecule has 1 aromatic carbocycles. The largest absolute Gasteiger partial charge is 0.239 e. The SMILES string of the molecule is N#Cc1c(Cl)nc2c(c1-c1cccc(F)c1)CCCC2. The first-order valence-electron chi connectivity index (χ1n) is 6.58. The summed E-state index contributed by atoms with van der Waals surface area (Å²) >= 11 is 6.13. The van der Waals surface area contributed by atoms with Gasteiger partial charge in [0.05, 0.1) is 5.56 Å². The number of hydrogen-bond donors (Lipinski definition) is 0. The molecule has 0 N–H and O–H groups in total. The van der Waals surface area contributed by atoms with Crippen LogP contribution in [-0.2, 0) is 12.8 Å². The van der Waals surface area contributed by atoms with Gasteiger partial charge in [0.1, 0.15) is 17.0 Å². The fourth-order valence-corrected chi connectivity index (χ4v) is 3.01. The molecular weight excluding hydrogens is 275 g/mol. The number of rotatable bonds is 1. The molecule has 3 rings (SSSR count). The molecule has 4 heteroatoms. The van der Waals surface area contributed by atoms with Gasteiger partial charge in [-0.15, -0.1) is 0 Å². The first kappa shape index (κ1) is 13.1. The quantitative estimate of drug-likeness (QED) is 0.733. The van der Waals surface area contributed by atoms with E-state index < -0.39 is 0 Å². The summed E-state index contributed by atoms with van der Waals surface area (Å²) < 4.78 is 13.5. The summed E-state index contributed by atoms with van der Waals surface area (Å²) in [6.45, 7) is 0. The van der Waals surface area contributed by atoms with Crippen molar-refractivity contribution in [1.29, 1.82) is 5.26 Å². The van der Waals surface area contributed by atoms with Crippen LogP contribution in [0.15, 0.2) is 24.3 Å². The van der Waals surface area contributed by atoms with Crippen LogP contribution >= 0.6 is 11.6 Å². The molecule has 20 heavy (non-hydrogen) atoms. The molecule has 1 aliphatic carbocycles. The third-order valence-corrected chi connectivity index (χ3v) is 3.93. The van der Waals surface area contributed by atoms with Crippen LogP contribution in [0.4, 0.5) is 4.39 Å². The monoisotopic (exact) mass is 286 g/mol. The van der Waals surface area contributed by atoms with Crippen LogP contribution in [0.5, 0.6) is 0 Å². The molecule has 1 aromatic heterocycles. The molecule has 0 unspecified atom stereocenters. The Balaban J connectivity index is 2.32. The van der Waals surface area contributed by atoms with E-state index in [4.69, 9.17) is 11.6 Å². The van der Waals surface area contributed by atoms with Crippen LogP contribution in [0.3, 0.4) is 0 Å². The van der Waals surface area contributed by atoms with Crippen molar-refractivity contribution >= 4 is 11.6 Å². The standard InChI is InChI=1S/C16H12ClFN2/c17-16-13(9-19)15(10-4-3-5-11(18)8-10)12-6-1-2-7-14(12)20-16/h3-5,8H,1-2,6-7H2. The van der Waals surface area contributed by atoms with Crippen LogP contribution in [-0.4, -0.2) is 4.98 Å². The number of fused-ring (bicyclic) bond motifs is 1. The average molecular weight is 287 g/mol. The number of aryl methyl sites for hydroxylation is 1. The van der Waals surface area contributed by atoms with E-state index in [2.05, 4.69) is 11.1 Å². The Morgan fingerprint density at radius 1 is 1.25 bits per heavy atom. The van der Waals surface area contributed by atoms with E-state index in [-0.39, 0.29) is 11.0 Å². The van der Waals surface area contributed by atoms with Crippen molar-refractivity contribution in [2.24, 2.45) is 0 Å². The van der Waals surface area contributed by atoms with Gasteiger partial charge in [0, 0.05) is 11.3 Å². The van der Waals surface area contributed by atoms with Crippen molar-refractivity contribution < 1.29 is 4.39 Å². The number of nitrogens with zero attached hydrogens (tertiary/aromatic N) is 2. The van der Waals surface area contributed by atoms with Gasteiger partial charge in [0.2, 0.25) is 0 Å². The fourth-order valence-electron chi connectivity index (χ4n) is 2.78. The van der Waals surface area contributed by atoms with E-state index in [9.17, 15) is 9.65 Å². The molecular formula is C16H12ClFN2. The molecule has 100 valence electrons. The maximum Gasteiger partial charge on any atom is 0.147 e. The van der Waals surface area contributed by atoms with E-state index in [0.29, 0.717) is 11.1 Å². The number of halogens is 2. The van der Waals surface area contributed by atoms with Crippen LogP contribution in [0.1, 0.15) is 29.7 Å². The highest BCUT2D eigenvalue weighted by Gasteiger charge is 2.22. The van der Waals surface area contributed by atoms with Crippen LogP contribution in [0.25, 0.3) is 11.1 Å². The molecule has 0 amide bonds. The summed E-state index contributed by atoms with van der Waals surface area (Å²) in [6, 6.07) is 8.41. The van der Waals surface area contributed by atoms with Crippen molar-refractivity contribution in [2.75, 3.05) is 0 Å². The fraction of sp³-hybridized carbons (Fsp3) is 0.250. The molecule has 0 radical (unpaired) electrons. The van der Waals surface area contributed by atoms with Crippen LogP contribution in [0.2, 0.25) is 5.15 Å². The molecule has 1 aliphatic rings. The molecule has 0 saturated heterocycles. The lowest BCUT2D eigenvalue weighted by molar-refractivity contribution is 0.628. The Hall–Kier alpha value is -1.92. The molecule has 2 nitrogen and oxygen atoms in total. The number of pyridine rings is 1. The number of aromatic nitrogens is 1. The predicted molar refractivity (Wildman–Crippen MR) is 76.0 cm³/mol. The zero-order valence-corrected chi connectivity index (χ0v) is 11.5. The summed E-state index contributed by atoms with van der Waals surface area (Å²) in [4.78, 5) is 4.34. The van der Waals surface area contributed by atoms with Crippen LogP contribution < -0.4 is 0 Å². The highest BCUT2D eigenvalue weighted by atomic mass is 35.5. The Labute approximate surface area is 121 Å². The van der Waals surface area contributed by atoms with Gasteiger partial charge in [-0.3, -0.25) is 0 Å². The Morgan fingerprint density at radius 2 is 2.05 bits per heavy atom. The van der Waals surface area contributed by atoms with E-state index in [1.807, 2.05) is 6.07 Å². The van der Waals surface area contributed by atoms with Gasteiger partial charge < -0.3 is 0 Å². The molecule has 2 aromatic rings. The van der Waals surface area contributed by atoms with Gasteiger partial charge in [-0.05, 0) is 48.9 Å². The maximum absolute atomic E-state index is 13.5. The third-order valence-electron chi connectivity index (χ3n) is 3.65. The van der Waals surface area contributed by atoms with E-state index in [1.165, 1.54) is 12.1 Å². The van der Waals surface area contributed by atoms with Crippen molar-refractivity contribution in [3.63, 3.8) is 0 Å². The Kier molecular flexibility index (Phi) is 3.42. The van der Waals surface area contributed by atoms with Gasteiger partial charge >= 0.3 is 0 Å². The van der Waals surface area contributed by atoms with E-state index in [1.54, 1.807) is 6.07 Å². The number of hydrogen-bond acceptors (Lipinski definition) is 2. The van der Waals surface area contributed by atoms with Gasteiger partial charge in [-0.2, -0.15) is 5.26 Å². The van der Waals surface area contributed by atoms with Crippen molar-refractivity contribution in [3.8, 4) is 17.2 Å². The second-order valence-electron chi connectivity index (χ2n) is 4.91. The lowest BCUT2D eigenvalue weighted by Crippen LogP contribution is -2.09. The third kappa shape index (κ3) is 2.17. The predicted octanol–water partition coefficient (Wildman–Crippen LogP) is 4.29. The van der Waals surface area contributed by atoms with Crippen molar-refractivity contribution in [2.45, 2.75) is 25.7 Å². The molecule has 0 atom stereocenters. The minimum Gasteiger partial charge on any atom is -0.239 e. The lowest BCUT2D eigenvalue weighted by atomic mass is 9.87. The normalized spacial score (nSPS) is 13.7. The van der Waals surface area contributed by atoms with Gasteiger partial charge in [0.25, 0.3) is 0 Å². The summed E-state index contributed by atoms with van der Waals surface area (Å²) in [5.74, 6) is -0.316. The lowest BCUT2D eigenvalue weighted by Gasteiger charge is -2.20. The topological polar surface area (TPSA) is 36.7 Å². The molecule has 0 bridgehead atoms. The maximum atomic E-state index is 13.5. The van der Waals surface area contributed by atoms with Crippen molar-refractivity contribution in [1.82, 2.24) is 4.98 Å². The van der Waals surface area contributed by atoms with Gasteiger partial charge in [-0.1, -0.05) is 23.7 Å². The molecule has 0 spiro atoms. The Bertz CT molecular complexity index is 719. The first-order chi connectivity index (χ1) is 9.70. The zero-order chi connectivity index (χ0) is 14.1. The average Bonchev–Trinajstić information content (AvgIpc) is 2.45. The summed E-state index contributed by atoms with van der Waals surface area (Å²) in [5.41, 5.74) is 3.78. The Morgan fingerprint density at radius 3 is 2.80 bits per heavy atom.